The first-order chi connectivity index (χ1) is 15.9. The minimum atomic E-state index is -0.431. The van der Waals surface area contributed by atoms with Gasteiger partial charge >= 0.3 is 5.97 Å². The number of aryl methyl sites for hydroxylation is 1. The summed E-state index contributed by atoms with van der Waals surface area (Å²) in [5, 5.41) is 0. The van der Waals surface area contributed by atoms with Gasteiger partial charge in [-0.25, -0.2) is 0 Å². The molecule has 1 unspecified atom stereocenters. The molecule has 180 valence electrons. The number of methoxy groups -OCH3 is 1. The van der Waals surface area contributed by atoms with E-state index in [4.69, 9.17) is 9.47 Å². The molecule has 0 radical (unpaired) electrons. The molecular formula is C29H41NO3. The number of piperidine rings is 1. The van der Waals surface area contributed by atoms with Crippen molar-refractivity contribution in [3.63, 3.8) is 0 Å². The Hall–Kier alpha value is -2.33. The summed E-state index contributed by atoms with van der Waals surface area (Å²) in [6.45, 7) is 13.8. The molecule has 2 heterocycles. The summed E-state index contributed by atoms with van der Waals surface area (Å²) in [6.07, 6.45) is 3.14. The summed E-state index contributed by atoms with van der Waals surface area (Å²) in [6, 6.07) is 15.4. The van der Waals surface area contributed by atoms with Crippen LogP contribution in [-0.4, -0.2) is 37.6 Å². The van der Waals surface area contributed by atoms with Crippen LogP contribution in [0.4, 0.5) is 0 Å². The first-order valence-corrected chi connectivity index (χ1v) is 12.5. The van der Waals surface area contributed by atoms with Crippen LogP contribution in [0, 0.1) is 18.3 Å². The first-order valence-electron chi connectivity index (χ1n) is 12.5. The summed E-state index contributed by atoms with van der Waals surface area (Å²) in [7, 11) is 1.48. The predicted octanol–water partition coefficient (Wildman–Crippen LogP) is 6.35. The molecule has 2 aromatic rings. The highest BCUT2D eigenvalue weighted by molar-refractivity contribution is 5.75. The fraction of sp³-hybridized carbons (Fsp3) is 0.552. The zero-order chi connectivity index (χ0) is 24.0. The minimum absolute atomic E-state index is 0.121. The topological polar surface area (TPSA) is 38.8 Å². The van der Waals surface area contributed by atoms with E-state index in [2.05, 4.69) is 54.3 Å². The van der Waals surface area contributed by atoms with Gasteiger partial charge in [0, 0.05) is 11.5 Å². The molecule has 0 aliphatic carbocycles. The second-order valence-electron chi connectivity index (χ2n) is 9.81. The summed E-state index contributed by atoms with van der Waals surface area (Å²) in [5.41, 5.74) is 4.94. The van der Waals surface area contributed by atoms with Crippen molar-refractivity contribution in [2.24, 2.45) is 11.3 Å². The molecule has 2 aliphatic heterocycles. The van der Waals surface area contributed by atoms with Crippen LogP contribution in [0.15, 0.2) is 42.5 Å². The van der Waals surface area contributed by atoms with Crippen molar-refractivity contribution >= 4 is 5.97 Å². The summed E-state index contributed by atoms with van der Waals surface area (Å²) < 4.78 is 11.2. The van der Waals surface area contributed by atoms with Gasteiger partial charge in [-0.1, -0.05) is 55.8 Å². The molecular weight excluding hydrogens is 410 g/mol. The van der Waals surface area contributed by atoms with E-state index in [0.717, 1.165) is 44.6 Å². The Morgan fingerprint density at radius 2 is 1.79 bits per heavy atom. The number of benzene rings is 2. The highest BCUT2D eigenvalue weighted by Gasteiger charge is 2.34. The number of carbonyl (C=O) groups excluding carboxylic acids is 1. The number of fused-ring (bicyclic) bond motifs is 2. The van der Waals surface area contributed by atoms with Crippen molar-refractivity contribution in [3.05, 3.63) is 64.7 Å². The van der Waals surface area contributed by atoms with E-state index in [1.807, 2.05) is 27.7 Å². The molecule has 0 N–H and O–H groups in total. The molecule has 33 heavy (non-hydrogen) atoms. The van der Waals surface area contributed by atoms with Gasteiger partial charge in [-0.15, -0.1) is 0 Å². The maximum Gasteiger partial charge on any atom is 0.311 e. The Balaban J connectivity index is 0.00000149. The van der Waals surface area contributed by atoms with Crippen LogP contribution < -0.4 is 4.74 Å². The number of esters is 1. The van der Waals surface area contributed by atoms with Crippen LogP contribution in [-0.2, 0) is 16.1 Å². The van der Waals surface area contributed by atoms with E-state index in [1.54, 1.807) is 0 Å². The van der Waals surface area contributed by atoms with Crippen molar-refractivity contribution in [1.82, 2.24) is 4.90 Å². The van der Waals surface area contributed by atoms with Crippen LogP contribution in [0.25, 0.3) is 0 Å². The van der Waals surface area contributed by atoms with Crippen LogP contribution in [0.5, 0.6) is 5.75 Å². The number of ether oxygens (including phenoxy) is 2. The Bertz CT molecular complexity index is 928. The highest BCUT2D eigenvalue weighted by Crippen LogP contribution is 2.45. The van der Waals surface area contributed by atoms with Crippen LogP contribution in [0.3, 0.4) is 0 Å². The number of nitrogens with zero attached hydrogens (tertiary/aromatic N) is 1. The smallest absolute Gasteiger partial charge is 0.311 e. The Morgan fingerprint density at radius 1 is 1.09 bits per heavy atom. The van der Waals surface area contributed by atoms with Gasteiger partial charge in [-0.05, 0) is 82.8 Å². The molecule has 4 nitrogen and oxygen atoms in total. The van der Waals surface area contributed by atoms with Gasteiger partial charge in [0.15, 0.2) is 0 Å². The predicted molar refractivity (Wildman–Crippen MR) is 135 cm³/mol. The second-order valence-corrected chi connectivity index (χ2v) is 9.81. The van der Waals surface area contributed by atoms with Crippen LogP contribution in [0.2, 0.25) is 0 Å². The lowest BCUT2D eigenvalue weighted by Gasteiger charge is -2.37. The Labute approximate surface area is 200 Å². The fourth-order valence-corrected chi connectivity index (χ4v) is 5.19. The van der Waals surface area contributed by atoms with Crippen molar-refractivity contribution in [2.75, 3.05) is 26.7 Å². The van der Waals surface area contributed by atoms with Gasteiger partial charge in [0.05, 0.1) is 12.5 Å². The van der Waals surface area contributed by atoms with Crippen molar-refractivity contribution in [1.29, 1.82) is 0 Å². The molecule has 1 saturated heterocycles. The maximum absolute atomic E-state index is 12.0. The van der Waals surface area contributed by atoms with Crippen molar-refractivity contribution in [3.8, 4) is 5.75 Å². The lowest BCUT2D eigenvalue weighted by Crippen LogP contribution is -2.39. The number of likely N-dealkylation sites (tertiary alicyclic amines) is 1. The average molecular weight is 452 g/mol. The van der Waals surface area contributed by atoms with E-state index < -0.39 is 5.41 Å². The molecule has 0 spiro atoms. The molecule has 4 heteroatoms. The average Bonchev–Trinajstić information content (AvgIpc) is 3.00. The second kappa shape index (κ2) is 11.2. The molecule has 1 fully saturated rings. The molecule has 2 aliphatic rings. The zero-order valence-electron chi connectivity index (χ0n) is 21.3. The number of carbonyl (C=O) groups is 1. The van der Waals surface area contributed by atoms with E-state index in [-0.39, 0.29) is 5.97 Å². The van der Waals surface area contributed by atoms with Crippen LogP contribution >= 0.6 is 0 Å². The number of para-hydroxylation sites is 1. The van der Waals surface area contributed by atoms with Gasteiger partial charge < -0.3 is 14.4 Å². The third-order valence-corrected chi connectivity index (χ3v) is 7.17. The lowest BCUT2D eigenvalue weighted by molar-refractivity contribution is -0.151. The minimum Gasteiger partial charge on any atom is -0.489 e. The normalized spacial score (nSPS) is 18.7. The van der Waals surface area contributed by atoms with Gasteiger partial charge in [0.1, 0.15) is 12.4 Å². The molecule has 2 aromatic carbocycles. The van der Waals surface area contributed by atoms with Gasteiger partial charge in [0.25, 0.3) is 0 Å². The van der Waals surface area contributed by atoms with E-state index in [9.17, 15) is 4.79 Å². The summed E-state index contributed by atoms with van der Waals surface area (Å²) >= 11 is 0. The van der Waals surface area contributed by atoms with E-state index in [0.29, 0.717) is 18.4 Å². The molecule has 0 amide bonds. The summed E-state index contributed by atoms with van der Waals surface area (Å²) in [5.74, 6) is 1.88. The van der Waals surface area contributed by atoms with Crippen molar-refractivity contribution in [2.45, 2.75) is 66.4 Å². The van der Waals surface area contributed by atoms with E-state index in [1.165, 1.54) is 29.4 Å². The monoisotopic (exact) mass is 451 g/mol. The van der Waals surface area contributed by atoms with Crippen LogP contribution in [0.1, 0.15) is 75.1 Å². The van der Waals surface area contributed by atoms with Crippen molar-refractivity contribution < 1.29 is 14.3 Å². The highest BCUT2D eigenvalue weighted by atomic mass is 16.5. The fourth-order valence-electron chi connectivity index (χ4n) is 5.19. The number of hydrogen-bond acceptors (Lipinski definition) is 4. The molecule has 1 atom stereocenters. The molecule has 4 rings (SSSR count). The Kier molecular flexibility index (Phi) is 8.58. The van der Waals surface area contributed by atoms with Gasteiger partial charge in [-0.2, -0.15) is 0 Å². The Morgan fingerprint density at radius 3 is 2.48 bits per heavy atom. The SMILES string of the molecule is CC.COC(=O)C(C)(C)CCN1CCC(C2c3ccc(C)cc3COc3ccccc32)CC1. The molecule has 0 saturated carbocycles. The van der Waals surface area contributed by atoms with Gasteiger partial charge in [0.2, 0.25) is 0 Å². The number of rotatable bonds is 5. The van der Waals surface area contributed by atoms with Gasteiger partial charge in [-0.3, -0.25) is 4.79 Å². The summed E-state index contributed by atoms with van der Waals surface area (Å²) in [4.78, 5) is 14.5. The maximum atomic E-state index is 12.0. The third kappa shape index (κ3) is 5.78. The molecule has 0 aromatic heterocycles. The standard InChI is InChI=1S/C27H35NO3.C2H6/c1-19-9-10-22-21(17-19)18-31-24-8-6-5-7-23(24)25(22)20-11-14-28(15-12-20)16-13-27(2,3)26(29)30-4;1-2/h5-10,17,20,25H,11-16,18H2,1-4H3;1-2H3. The zero-order valence-corrected chi connectivity index (χ0v) is 21.3. The largest absolute Gasteiger partial charge is 0.489 e. The first kappa shape index (κ1) is 25.3. The van der Waals surface area contributed by atoms with E-state index >= 15 is 0 Å². The number of hydrogen-bond donors (Lipinski definition) is 0. The molecule has 0 bridgehead atoms. The lowest BCUT2D eigenvalue weighted by atomic mass is 9.74. The quantitative estimate of drug-likeness (QED) is 0.497. The third-order valence-electron chi connectivity index (χ3n) is 7.17.